The molecule has 2 rings (SSSR count). The van der Waals surface area contributed by atoms with Crippen LogP contribution in [-0.2, 0) is 4.79 Å². The van der Waals surface area contributed by atoms with E-state index in [0.717, 1.165) is 0 Å². The lowest BCUT2D eigenvalue weighted by Gasteiger charge is -2.26. The van der Waals surface area contributed by atoms with Gasteiger partial charge in [0.05, 0.1) is 11.2 Å². The number of halogens is 3. The summed E-state index contributed by atoms with van der Waals surface area (Å²) in [4.78, 5) is 15.8. The molecule has 1 unspecified atom stereocenters. The molecule has 1 atom stereocenters. The number of nitrogens with two attached hydrogens (primary N) is 1. The van der Waals surface area contributed by atoms with Gasteiger partial charge in [-0.05, 0) is 19.1 Å². The minimum absolute atomic E-state index is 0.189. The Kier molecular flexibility index (Phi) is 3.39. The van der Waals surface area contributed by atoms with Crippen LogP contribution in [0.1, 0.15) is 6.92 Å². The fourth-order valence-corrected chi connectivity index (χ4v) is 1.59. The van der Waals surface area contributed by atoms with Crippen molar-refractivity contribution in [3.8, 4) is 0 Å². The maximum atomic E-state index is 12.7. The summed E-state index contributed by atoms with van der Waals surface area (Å²) in [6.45, 7) is 0.626. The molecule has 1 amide bonds. The lowest BCUT2D eigenvalue weighted by molar-refractivity contribution is -0.184. The van der Waals surface area contributed by atoms with Gasteiger partial charge in [0, 0.05) is 11.6 Å². The topological polar surface area (TPSA) is 68.0 Å². The average Bonchev–Trinajstić information content (AvgIpc) is 2.37. The summed E-state index contributed by atoms with van der Waals surface area (Å²) >= 11 is 0. The molecule has 0 saturated heterocycles. The number of carbonyl (C=O) groups excluding carboxylic acids is 1. The van der Waals surface area contributed by atoms with Gasteiger partial charge in [0.25, 0.3) is 5.91 Å². The first-order valence-electron chi connectivity index (χ1n) is 5.74. The summed E-state index contributed by atoms with van der Waals surface area (Å²) in [5.74, 6) is -1.33. The number of hydrogen-bond acceptors (Lipinski definition) is 3. The van der Waals surface area contributed by atoms with Crippen molar-refractivity contribution in [2.45, 2.75) is 18.6 Å². The Morgan fingerprint density at radius 2 is 1.90 bits per heavy atom. The number of alkyl halides is 3. The van der Waals surface area contributed by atoms with Crippen LogP contribution in [0.4, 0.5) is 18.9 Å². The van der Waals surface area contributed by atoms with Gasteiger partial charge in [-0.2, -0.15) is 13.2 Å². The zero-order chi connectivity index (χ0) is 15.0. The molecular weight excluding hydrogens is 271 g/mol. The fourth-order valence-electron chi connectivity index (χ4n) is 1.59. The SMILES string of the molecule is CC(N)(C(=O)Nc1cccc2cccnc12)C(F)(F)F. The van der Waals surface area contributed by atoms with Crippen molar-refractivity contribution in [1.82, 2.24) is 4.98 Å². The molecule has 4 nitrogen and oxygen atoms in total. The molecule has 3 N–H and O–H groups in total. The lowest BCUT2D eigenvalue weighted by Crippen LogP contribution is -2.59. The van der Waals surface area contributed by atoms with E-state index < -0.39 is 17.6 Å². The van der Waals surface area contributed by atoms with Crippen molar-refractivity contribution in [1.29, 1.82) is 0 Å². The molecule has 0 radical (unpaired) electrons. The maximum Gasteiger partial charge on any atom is 0.415 e. The molecule has 7 heteroatoms. The number of pyridine rings is 1. The minimum atomic E-state index is -4.84. The van der Waals surface area contributed by atoms with Crippen molar-refractivity contribution < 1.29 is 18.0 Å². The van der Waals surface area contributed by atoms with Crippen molar-refractivity contribution in [3.63, 3.8) is 0 Å². The van der Waals surface area contributed by atoms with Crippen molar-refractivity contribution in [2.75, 3.05) is 5.32 Å². The van der Waals surface area contributed by atoms with Crippen LogP contribution in [0.3, 0.4) is 0 Å². The summed E-state index contributed by atoms with van der Waals surface area (Å²) in [7, 11) is 0. The number of carbonyl (C=O) groups is 1. The highest BCUT2D eigenvalue weighted by Gasteiger charge is 2.54. The van der Waals surface area contributed by atoms with E-state index in [0.29, 0.717) is 17.8 Å². The number of para-hydroxylation sites is 1. The van der Waals surface area contributed by atoms with Crippen LogP contribution in [0.2, 0.25) is 0 Å². The van der Waals surface area contributed by atoms with Gasteiger partial charge in [-0.3, -0.25) is 9.78 Å². The summed E-state index contributed by atoms with van der Waals surface area (Å²) in [6.07, 6.45) is -3.35. The van der Waals surface area contributed by atoms with E-state index in [1.165, 1.54) is 12.3 Å². The van der Waals surface area contributed by atoms with Gasteiger partial charge >= 0.3 is 6.18 Å². The van der Waals surface area contributed by atoms with Crippen LogP contribution in [0.25, 0.3) is 10.9 Å². The number of anilines is 1. The molecule has 0 bridgehead atoms. The Morgan fingerprint density at radius 1 is 1.25 bits per heavy atom. The van der Waals surface area contributed by atoms with E-state index in [1.807, 2.05) is 0 Å². The van der Waals surface area contributed by atoms with Gasteiger partial charge in [-0.25, -0.2) is 0 Å². The maximum absolute atomic E-state index is 12.7. The van der Waals surface area contributed by atoms with Crippen molar-refractivity contribution in [3.05, 3.63) is 36.5 Å². The van der Waals surface area contributed by atoms with E-state index in [9.17, 15) is 18.0 Å². The van der Waals surface area contributed by atoms with Gasteiger partial charge in [-0.15, -0.1) is 0 Å². The smallest absolute Gasteiger partial charge is 0.322 e. The first-order chi connectivity index (χ1) is 9.23. The van der Waals surface area contributed by atoms with Gasteiger partial charge in [0.1, 0.15) is 0 Å². The van der Waals surface area contributed by atoms with Crippen molar-refractivity contribution >= 4 is 22.5 Å². The molecule has 0 spiro atoms. The molecular formula is C13H12F3N3O. The molecule has 0 saturated carbocycles. The highest BCUT2D eigenvalue weighted by molar-refractivity contribution is 6.04. The summed E-state index contributed by atoms with van der Waals surface area (Å²) in [5.41, 5.74) is 2.70. The Morgan fingerprint density at radius 3 is 2.55 bits per heavy atom. The van der Waals surface area contributed by atoms with E-state index in [2.05, 4.69) is 10.3 Å². The third-order valence-electron chi connectivity index (χ3n) is 2.94. The van der Waals surface area contributed by atoms with Crippen LogP contribution in [0, 0.1) is 0 Å². The Bertz CT molecular complexity index is 647. The van der Waals surface area contributed by atoms with Crippen LogP contribution >= 0.6 is 0 Å². The van der Waals surface area contributed by atoms with E-state index in [-0.39, 0.29) is 5.69 Å². The molecule has 0 aliphatic rings. The molecule has 2 aromatic rings. The predicted molar refractivity (Wildman–Crippen MR) is 69.0 cm³/mol. The fraction of sp³-hybridized carbons (Fsp3) is 0.231. The molecule has 1 heterocycles. The summed E-state index contributed by atoms with van der Waals surface area (Å²) in [5, 5.41) is 2.89. The number of nitrogens with zero attached hydrogens (tertiary/aromatic N) is 1. The lowest BCUT2D eigenvalue weighted by atomic mass is 10.0. The van der Waals surface area contributed by atoms with Crippen LogP contribution in [-0.4, -0.2) is 22.6 Å². The van der Waals surface area contributed by atoms with Crippen LogP contribution in [0.15, 0.2) is 36.5 Å². The second-order valence-electron chi connectivity index (χ2n) is 4.53. The highest BCUT2D eigenvalue weighted by Crippen LogP contribution is 2.30. The summed E-state index contributed by atoms with van der Waals surface area (Å²) < 4.78 is 38.1. The third kappa shape index (κ3) is 2.44. The number of nitrogens with one attached hydrogen (secondary N) is 1. The second kappa shape index (κ2) is 4.75. The molecule has 0 aliphatic carbocycles. The second-order valence-corrected chi connectivity index (χ2v) is 4.53. The average molecular weight is 283 g/mol. The molecule has 0 fully saturated rings. The molecule has 0 aliphatic heterocycles. The van der Waals surface area contributed by atoms with Gasteiger partial charge in [0.15, 0.2) is 5.54 Å². The van der Waals surface area contributed by atoms with Gasteiger partial charge in [0.2, 0.25) is 0 Å². The standard InChI is InChI=1S/C13H12F3N3O/c1-12(17,13(14,15)16)11(20)19-9-6-2-4-8-5-3-7-18-10(8)9/h2-7H,17H2,1H3,(H,19,20). The van der Waals surface area contributed by atoms with Crippen molar-refractivity contribution in [2.24, 2.45) is 5.73 Å². The predicted octanol–water partition coefficient (Wildman–Crippen LogP) is 2.45. The number of amides is 1. The molecule has 1 aromatic heterocycles. The van der Waals surface area contributed by atoms with Crippen LogP contribution < -0.4 is 11.1 Å². The number of rotatable bonds is 2. The normalized spacial score (nSPS) is 14.8. The van der Waals surface area contributed by atoms with E-state index in [4.69, 9.17) is 5.73 Å². The Balaban J connectivity index is 2.36. The largest absolute Gasteiger partial charge is 0.415 e. The summed E-state index contributed by atoms with van der Waals surface area (Å²) in [6, 6.07) is 8.25. The number of fused-ring (bicyclic) bond motifs is 1. The minimum Gasteiger partial charge on any atom is -0.322 e. The van der Waals surface area contributed by atoms with Crippen LogP contribution in [0.5, 0.6) is 0 Å². The molecule has 1 aromatic carbocycles. The Hall–Kier alpha value is -2.15. The first kappa shape index (κ1) is 14.3. The molecule has 106 valence electrons. The molecule has 20 heavy (non-hydrogen) atoms. The highest BCUT2D eigenvalue weighted by atomic mass is 19.4. The number of aromatic nitrogens is 1. The van der Waals surface area contributed by atoms with Gasteiger partial charge in [-0.1, -0.05) is 18.2 Å². The monoisotopic (exact) mass is 283 g/mol. The third-order valence-corrected chi connectivity index (χ3v) is 2.94. The first-order valence-corrected chi connectivity index (χ1v) is 5.74. The zero-order valence-corrected chi connectivity index (χ0v) is 10.5. The number of benzene rings is 1. The van der Waals surface area contributed by atoms with Gasteiger partial charge < -0.3 is 11.1 Å². The van der Waals surface area contributed by atoms with E-state index >= 15 is 0 Å². The number of hydrogen-bond donors (Lipinski definition) is 2. The Labute approximate surface area is 112 Å². The zero-order valence-electron chi connectivity index (χ0n) is 10.5. The van der Waals surface area contributed by atoms with E-state index in [1.54, 1.807) is 24.3 Å². The quantitative estimate of drug-likeness (QED) is 0.889.